The van der Waals surface area contributed by atoms with E-state index in [0.29, 0.717) is 6.54 Å². The van der Waals surface area contributed by atoms with Crippen LogP contribution >= 0.6 is 0 Å². The first-order chi connectivity index (χ1) is 9.79. The normalized spacial score (nSPS) is 16.6. The van der Waals surface area contributed by atoms with Gasteiger partial charge in [-0.05, 0) is 49.9 Å². The lowest BCUT2D eigenvalue weighted by Gasteiger charge is -2.32. The van der Waals surface area contributed by atoms with Gasteiger partial charge in [0.1, 0.15) is 11.5 Å². The molecule has 2 N–H and O–H groups in total. The summed E-state index contributed by atoms with van der Waals surface area (Å²) < 4.78 is 5.82. The van der Waals surface area contributed by atoms with Crippen LogP contribution < -0.4 is 10.6 Å². The zero-order valence-corrected chi connectivity index (χ0v) is 12.0. The average molecular weight is 270 g/mol. The van der Waals surface area contributed by atoms with Crippen LogP contribution in [0.15, 0.2) is 40.8 Å². The summed E-state index contributed by atoms with van der Waals surface area (Å²) in [4.78, 5) is 2.42. The lowest BCUT2D eigenvalue weighted by Crippen LogP contribution is -2.34. The predicted molar refractivity (Wildman–Crippen MR) is 82.0 cm³/mol. The van der Waals surface area contributed by atoms with E-state index < -0.39 is 0 Å². The number of hydrogen-bond donors (Lipinski definition) is 1. The molecule has 1 aliphatic rings. The Labute approximate surface area is 120 Å². The van der Waals surface area contributed by atoms with Crippen molar-refractivity contribution in [2.45, 2.75) is 32.2 Å². The minimum absolute atomic E-state index is 0.128. The maximum Gasteiger partial charge on any atom is 0.127 e. The van der Waals surface area contributed by atoms with Gasteiger partial charge in [0.15, 0.2) is 0 Å². The van der Waals surface area contributed by atoms with Gasteiger partial charge in [-0.1, -0.05) is 18.2 Å². The molecule has 0 saturated heterocycles. The summed E-state index contributed by atoms with van der Waals surface area (Å²) in [5.41, 5.74) is 8.79. The Morgan fingerprint density at radius 3 is 2.80 bits per heavy atom. The summed E-state index contributed by atoms with van der Waals surface area (Å²) >= 11 is 0. The molecule has 0 saturated carbocycles. The summed E-state index contributed by atoms with van der Waals surface area (Å²) in [5.74, 6) is 1.92. The smallest absolute Gasteiger partial charge is 0.127 e. The summed E-state index contributed by atoms with van der Waals surface area (Å²) in [6.07, 6.45) is 3.59. The van der Waals surface area contributed by atoms with Crippen LogP contribution in [0.3, 0.4) is 0 Å². The predicted octanol–water partition coefficient (Wildman–Crippen LogP) is 3.43. The fourth-order valence-electron chi connectivity index (χ4n) is 3.07. The van der Waals surface area contributed by atoms with Crippen molar-refractivity contribution in [1.82, 2.24) is 0 Å². The number of fused-ring (bicyclic) bond motifs is 1. The average Bonchev–Trinajstić information content (AvgIpc) is 2.78. The number of nitrogens with zero attached hydrogens (tertiary/aromatic N) is 1. The van der Waals surface area contributed by atoms with Crippen LogP contribution in [-0.4, -0.2) is 13.1 Å². The molecule has 0 radical (unpaired) electrons. The van der Waals surface area contributed by atoms with E-state index in [2.05, 4.69) is 35.2 Å². The molecule has 0 amide bonds. The van der Waals surface area contributed by atoms with E-state index in [1.165, 1.54) is 24.1 Å². The Morgan fingerprint density at radius 2 is 2.05 bits per heavy atom. The molecular weight excluding hydrogens is 248 g/mol. The molecule has 3 heteroatoms. The fourth-order valence-corrected chi connectivity index (χ4v) is 3.07. The van der Waals surface area contributed by atoms with Crippen LogP contribution in [0, 0.1) is 6.92 Å². The second-order valence-corrected chi connectivity index (χ2v) is 5.48. The zero-order valence-electron chi connectivity index (χ0n) is 12.0. The van der Waals surface area contributed by atoms with Gasteiger partial charge in [0, 0.05) is 18.8 Å². The molecule has 0 bridgehead atoms. The third-order valence-corrected chi connectivity index (χ3v) is 4.09. The fraction of sp³-hybridized carbons (Fsp3) is 0.412. The lowest BCUT2D eigenvalue weighted by atomic mass is 10.1. The summed E-state index contributed by atoms with van der Waals surface area (Å²) in [7, 11) is 0. The van der Waals surface area contributed by atoms with Gasteiger partial charge in [-0.2, -0.15) is 0 Å². The molecule has 1 aromatic heterocycles. The van der Waals surface area contributed by atoms with Gasteiger partial charge in [0.25, 0.3) is 0 Å². The van der Waals surface area contributed by atoms with Crippen LogP contribution in [0.4, 0.5) is 5.69 Å². The highest BCUT2D eigenvalue weighted by Crippen LogP contribution is 2.33. The molecule has 1 aromatic carbocycles. The van der Waals surface area contributed by atoms with E-state index in [0.717, 1.165) is 24.5 Å². The molecule has 20 heavy (non-hydrogen) atoms. The topological polar surface area (TPSA) is 42.4 Å². The van der Waals surface area contributed by atoms with Crippen LogP contribution in [-0.2, 0) is 6.42 Å². The molecule has 2 aromatic rings. The van der Waals surface area contributed by atoms with E-state index in [9.17, 15) is 0 Å². The number of furan rings is 1. The van der Waals surface area contributed by atoms with Gasteiger partial charge in [-0.3, -0.25) is 0 Å². The SMILES string of the molecule is Cc1ccc(C(CN)N2CCCCc3ccccc32)o1. The second-order valence-electron chi connectivity index (χ2n) is 5.48. The third kappa shape index (κ3) is 2.46. The van der Waals surface area contributed by atoms with Crippen molar-refractivity contribution in [3.8, 4) is 0 Å². The largest absolute Gasteiger partial charge is 0.464 e. The summed E-state index contributed by atoms with van der Waals surface area (Å²) in [6, 6.07) is 12.9. The molecule has 1 atom stereocenters. The van der Waals surface area contributed by atoms with Gasteiger partial charge in [0.05, 0.1) is 6.04 Å². The minimum atomic E-state index is 0.128. The maximum atomic E-state index is 6.05. The van der Waals surface area contributed by atoms with Gasteiger partial charge >= 0.3 is 0 Å². The molecule has 0 fully saturated rings. The van der Waals surface area contributed by atoms with Crippen LogP contribution in [0.2, 0.25) is 0 Å². The lowest BCUT2D eigenvalue weighted by molar-refractivity contribution is 0.432. The number of nitrogens with two attached hydrogens (primary N) is 1. The van der Waals surface area contributed by atoms with Gasteiger partial charge in [-0.25, -0.2) is 0 Å². The standard InChI is InChI=1S/C17H22N2O/c1-13-9-10-17(20-13)16(12-18)19-11-5-4-7-14-6-2-3-8-15(14)19/h2-3,6,8-10,16H,4-5,7,11-12,18H2,1H3. The minimum Gasteiger partial charge on any atom is -0.464 e. The Morgan fingerprint density at radius 1 is 1.20 bits per heavy atom. The van der Waals surface area contributed by atoms with Crippen LogP contribution in [0.5, 0.6) is 0 Å². The van der Waals surface area contributed by atoms with E-state index >= 15 is 0 Å². The molecule has 3 nitrogen and oxygen atoms in total. The number of benzene rings is 1. The Bertz CT molecular complexity index is 576. The first kappa shape index (κ1) is 13.3. The number of hydrogen-bond acceptors (Lipinski definition) is 3. The Kier molecular flexibility index (Phi) is 3.79. The molecule has 0 aliphatic carbocycles. The van der Waals surface area contributed by atoms with Crippen molar-refractivity contribution in [1.29, 1.82) is 0 Å². The summed E-state index contributed by atoms with van der Waals surface area (Å²) in [5, 5.41) is 0. The molecule has 1 unspecified atom stereocenters. The quantitative estimate of drug-likeness (QED) is 0.929. The van der Waals surface area contributed by atoms with E-state index in [-0.39, 0.29) is 6.04 Å². The molecule has 1 aliphatic heterocycles. The van der Waals surface area contributed by atoms with Gasteiger partial charge in [-0.15, -0.1) is 0 Å². The first-order valence-corrected chi connectivity index (χ1v) is 7.40. The van der Waals surface area contributed by atoms with Crippen LogP contribution in [0.25, 0.3) is 0 Å². The van der Waals surface area contributed by atoms with E-state index in [1.807, 2.05) is 13.0 Å². The Balaban J connectivity index is 1.99. The van der Waals surface area contributed by atoms with Crippen molar-refractivity contribution >= 4 is 5.69 Å². The van der Waals surface area contributed by atoms with E-state index in [4.69, 9.17) is 10.2 Å². The molecule has 2 heterocycles. The van der Waals surface area contributed by atoms with Crippen LogP contribution in [0.1, 0.15) is 36.0 Å². The highest BCUT2D eigenvalue weighted by molar-refractivity contribution is 5.56. The number of para-hydroxylation sites is 1. The van der Waals surface area contributed by atoms with Crippen molar-refractivity contribution in [2.24, 2.45) is 5.73 Å². The van der Waals surface area contributed by atoms with Gasteiger partial charge in [0.2, 0.25) is 0 Å². The second kappa shape index (κ2) is 5.71. The number of aryl methyl sites for hydroxylation is 2. The molecular formula is C17H22N2O. The Hall–Kier alpha value is -1.74. The van der Waals surface area contributed by atoms with Crippen molar-refractivity contribution in [3.05, 3.63) is 53.5 Å². The van der Waals surface area contributed by atoms with E-state index in [1.54, 1.807) is 0 Å². The first-order valence-electron chi connectivity index (χ1n) is 7.40. The number of rotatable bonds is 3. The monoisotopic (exact) mass is 270 g/mol. The molecule has 0 spiro atoms. The van der Waals surface area contributed by atoms with Crippen molar-refractivity contribution < 1.29 is 4.42 Å². The van der Waals surface area contributed by atoms with Gasteiger partial charge < -0.3 is 15.1 Å². The highest BCUT2D eigenvalue weighted by atomic mass is 16.3. The highest BCUT2D eigenvalue weighted by Gasteiger charge is 2.25. The summed E-state index contributed by atoms with van der Waals surface area (Å²) in [6.45, 7) is 3.59. The molecule has 3 rings (SSSR count). The zero-order chi connectivity index (χ0) is 13.9. The molecule has 106 valence electrons. The maximum absolute atomic E-state index is 6.05. The number of anilines is 1. The third-order valence-electron chi connectivity index (χ3n) is 4.09. The van der Waals surface area contributed by atoms with Crippen molar-refractivity contribution in [2.75, 3.05) is 18.0 Å². The van der Waals surface area contributed by atoms with Crippen molar-refractivity contribution in [3.63, 3.8) is 0 Å².